The molecule has 10 rings (SSSR count). The smallest absolute Gasteiger partial charge is 0.137 e. The van der Waals surface area contributed by atoms with Crippen LogP contribution in [0.4, 0.5) is 40.1 Å². The van der Waals surface area contributed by atoms with Crippen LogP contribution in [0.1, 0.15) is 26.3 Å². The van der Waals surface area contributed by atoms with Gasteiger partial charge in [-0.05, 0) is 94.9 Å². The number of fused-ring (bicyclic) bond motifs is 7. The van der Waals surface area contributed by atoms with Gasteiger partial charge in [0, 0.05) is 40.5 Å². The second kappa shape index (κ2) is 12.9. The van der Waals surface area contributed by atoms with Gasteiger partial charge in [-0.15, -0.1) is 0 Å². The Hall–Kier alpha value is -6.92. The van der Waals surface area contributed by atoms with Gasteiger partial charge in [-0.3, -0.25) is 4.90 Å². The van der Waals surface area contributed by atoms with E-state index in [1.807, 2.05) is 24.4 Å². The fourth-order valence-electron chi connectivity index (χ4n) is 7.91. The molecule has 2 aliphatic rings. The molecule has 0 N–H and O–H groups in total. The molecule has 0 aliphatic carbocycles. The number of hydrogen-bond donors (Lipinski definition) is 0. The third kappa shape index (κ3) is 5.74. The maximum atomic E-state index is 6.77. The summed E-state index contributed by atoms with van der Waals surface area (Å²) in [6.07, 6.45) is 1.93. The Morgan fingerprint density at radius 2 is 1.18 bits per heavy atom. The summed E-state index contributed by atoms with van der Waals surface area (Å²) in [4.78, 5) is 16.9. The van der Waals surface area contributed by atoms with Crippen molar-refractivity contribution in [1.29, 1.82) is 0 Å². The van der Waals surface area contributed by atoms with Crippen molar-refractivity contribution < 1.29 is 4.74 Å². The molecule has 6 heteroatoms. The highest BCUT2D eigenvalue weighted by Gasteiger charge is 2.30. The molecular formula is C49H39N5O. The van der Waals surface area contributed by atoms with Crippen molar-refractivity contribution in [3.63, 3.8) is 0 Å². The second-order valence-corrected chi connectivity index (χ2v) is 15.2. The lowest BCUT2D eigenvalue weighted by Gasteiger charge is -2.28. The van der Waals surface area contributed by atoms with Gasteiger partial charge in [0.2, 0.25) is 0 Å². The second-order valence-electron chi connectivity index (χ2n) is 15.2. The zero-order valence-corrected chi connectivity index (χ0v) is 31.0. The molecule has 4 heterocycles. The van der Waals surface area contributed by atoms with Gasteiger partial charge < -0.3 is 14.5 Å². The molecule has 0 saturated heterocycles. The Kier molecular flexibility index (Phi) is 7.66. The van der Waals surface area contributed by atoms with Crippen LogP contribution in [0.3, 0.4) is 0 Å². The maximum absolute atomic E-state index is 6.77. The van der Waals surface area contributed by atoms with Crippen LogP contribution in [0.15, 0.2) is 170 Å². The van der Waals surface area contributed by atoms with Gasteiger partial charge in [-0.1, -0.05) is 99.6 Å². The third-order valence-electron chi connectivity index (χ3n) is 10.7. The number of rotatable bonds is 5. The molecule has 0 fully saturated rings. The van der Waals surface area contributed by atoms with Gasteiger partial charge in [0.15, 0.2) is 0 Å². The number of nitrogens with zero attached hydrogens (tertiary/aromatic N) is 5. The Balaban J connectivity index is 1.04. The molecule has 0 atom stereocenters. The summed E-state index contributed by atoms with van der Waals surface area (Å²) in [5.41, 5.74) is 12.2. The number of ether oxygens (including phenoxy) is 1. The largest absolute Gasteiger partial charge is 0.457 e. The molecule has 0 amide bonds. The van der Waals surface area contributed by atoms with Crippen LogP contribution in [0.5, 0.6) is 11.5 Å². The van der Waals surface area contributed by atoms with Crippen molar-refractivity contribution >= 4 is 51.0 Å². The number of anilines is 7. The van der Waals surface area contributed by atoms with Crippen LogP contribution in [-0.2, 0) is 5.41 Å². The predicted molar refractivity (Wildman–Crippen MR) is 226 cm³/mol. The van der Waals surface area contributed by atoms with Crippen LogP contribution < -0.4 is 19.4 Å². The minimum absolute atomic E-state index is 0.0380. The van der Waals surface area contributed by atoms with Crippen molar-refractivity contribution in [2.75, 3.05) is 21.4 Å². The first kappa shape index (κ1) is 32.7. The van der Waals surface area contributed by atoms with E-state index in [2.05, 4.69) is 181 Å². The monoisotopic (exact) mass is 713 g/mol. The van der Waals surface area contributed by atoms with Crippen molar-refractivity contribution in [2.45, 2.75) is 26.2 Å². The van der Waals surface area contributed by atoms with Crippen molar-refractivity contribution in [1.82, 2.24) is 9.97 Å². The minimum atomic E-state index is -0.0380. The zero-order chi connectivity index (χ0) is 37.1. The Labute approximate surface area is 321 Å². The lowest BCUT2D eigenvalue weighted by Crippen LogP contribution is -2.24. The molecule has 0 radical (unpaired) electrons. The Morgan fingerprint density at radius 1 is 0.509 bits per heavy atom. The third-order valence-corrected chi connectivity index (χ3v) is 10.7. The summed E-state index contributed by atoms with van der Waals surface area (Å²) < 4.78 is 6.77. The fourth-order valence-corrected chi connectivity index (χ4v) is 7.91. The first-order valence-electron chi connectivity index (χ1n) is 18.8. The molecule has 0 saturated carbocycles. The average molecular weight is 714 g/mol. The average Bonchev–Trinajstić information content (AvgIpc) is 3.56. The van der Waals surface area contributed by atoms with Gasteiger partial charge >= 0.3 is 0 Å². The SMILES string of the molecule is CC(C)(C)c1ccnc(N2c3ccccc3-c3ccccc3-c3ccc(Oc4cccc(N5CN(c6ccc7ccccc7n6)c6ccccc65)c4)cc32)c1. The van der Waals surface area contributed by atoms with Crippen LogP contribution in [0.25, 0.3) is 33.2 Å². The maximum Gasteiger partial charge on any atom is 0.137 e. The highest BCUT2D eigenvalue weighted by molar-refractivity contribution is 6.02. The molecular weight excluding hydrogens is 675 g/mol. The van der Waals surface area contributed by atoms with E-state index in [0.29, 0.717) is 6.67 Å². The lowest BCUT2D eigenvalue weighted by atomic mass is 9.87. The van der Waals surface area contributed by atoms with E-state index in [4.69, 9.17) is 14.7 Å². The molecule has 0 unspecified atom stereocenters. The quantitative estimate of drug-likeness (QED) is 0.177. The van der Waals surface area contributed by atoms with E-state index in [9.17, 15) is 0 Å². The molecule has 6 nitrogen and oxygen atoms in total. The van der Waals surface area contributed by atoms with Gasteiger partial charge in [0.1, 0.15) is 29.8 Å². The first-order chi connectivity index (χ1) is 26.9. The highest BCUT2D eigenvalue weighted by Crippen LogP contribution is 2.52. The number of hydrogen-bond acceptors (Lipinski definition) is 6. The van der Waals surface area contributed by atoms with E-state index in [0.717, 1.165) is 73.6 Å². The topological polar surface area (TPSA) is 44.7 Å². The lowest BCUT2D eigenvalue weighted by molar-refractivity contribution is 0.483. The summed E-state index contributed by atoms with van der Waals surface area (Å²) >= 11 is 0. The van der Waals surface area contributed by atoms with E-state index in [1.54, 1.807) is 0 Å². The molecule has 8 aromatic rings. The summed E-state index contributed by atoms with van der Waals surface area (Å²) in [5.74, 6) is 3.28. The molecule has 2 aliphatic heterocycles. The highest BCUT2D eigenvalue weighted by atomic mass is 16.5. The van der Waals surface area contributed by atoms with Crippen molar-refractivity contribution in [3.05, 3.63) is 176 Å². The zero-order valence-electron chi connectivity index (χ0n) is 31.0. The standard InChI is InChI=1S/C49H39N5O/c1-49(2,3)34-27-28-50-48(29-34)54-43-20-9-7-18-40(43)38-16-5-6-17-39(38)41-25-24-37(31-46(41)54)55-36-15-12-14-35(30-36)52-32-53(45-22-11-10-21-44(45)52)47-26-23-33-13-4-8-19-42(33)51-47/h4-31H,32H2,1-3H3. The molecule has 2 aromatic heterocycles. The van der Waals surface area contributed by atoms with E-state index in [1.165, 1.54) is 16.7 Å². The Bertz CT molecular complexity index is 2750. The van der Waals surface area contributed by atoms with Crippen molar-refractivity contribution in [3.8, 4) is 33.8 Å². The van der Waals surface area contributed by atoms with Crippen LogP contribution in [-0.4, -0.2) is 16.6 Å². The normalized spacial score (nSPS) is 13.2. The number of benzene rings is 6. The van der Waals surface area contributed by atoms with E-state index >= 15 is 0 Å². The summed E-state index contributed by atoms with van der Waals surface area (Å²) in [7, 11) is 0. The van der Waals surface area contributed by atoms with E-state index < -0.39 is 0 Å². The number of para-hydroxylation sites is 4. The van der Waals surface area contributed by atoms with Gasteiger partial charge in [0.05, 0.1) is 28.3 Å². The Morgan fingerprint density at radius 3 is 1.98 bits per heavy atom. The molecule has 55 heavy (non-hydrogen) atoms. The van der Waals surface area contributed by atoms with Gasteiger partial charge in [0.25, 0.3) is 0 Å². The number of aromatic nitrogens is 2. The van der Waals surface area contributed by atoms with Gasteiger partial charge in [-0.25, -0.2) is 9.97 Å². The van der Waals surface area contributed by atoms with Crippen LogP contribution >= 0.6 is 0 Å². The van der Waals surface area contributed by atoms with Crippen molar-refractivity contribution in [2.24, 2.45) is 0 Å². The molecule has 6 aromatic carbocycles. The summed E-state index contributed by atoms with van der Waals surface area (Å²) in [5, 5.41) is 1.13. The van der Waals surface area contributed by atoms with Gasteiger partial charge in [-0.2, -0.15) is 0 Å². The molecule has 0 bridgehead atoms. The minimum Gasteiger partial charge on any atom is -0.457 e. The molecule has 266 valence electrons. The predicted octanol–water partition coefficient (Wildman–Crippen LogP) is 13.1. The van der Waals surface area contributed by atoms with E-state index in [-0.39, 0.29) is 5.41 Å². The summed E-state index contributed by atoms with van der Waals surface area (Å²) in [6.45, 7) is 7.35. The van der Waals surface area contributed by atoms with Crippen LogP contribution in [0.2, 0.25) is 0 Å². The molecule has 0 spiro atoms. The van der Waals surface area contributed by atoms with Crippen LogP contribution in [0, 0.1) is 0 Å². The first-order valence-corrected chi connectivity index (χ1v) is 18.8. The fraction of sp³-hybridized carbons (Fsp3) is 0.102. The number of pyridine rings is 2. The summed E-state index contributed by atoms with van der Waals surface area (Å²) in [6, 6.07) is 57.4.